The average molecular weight is 479 g/mol. The van der Waals surface area contributed by atoms with Gasteiger partial charge in [-0.25, -0.2) is 10.2 Å². The third kappa shape index (κ3) is 5.49. The van der Waals surface area contributed by atoms with Crippen LogP contribution in [-0.2, 0) is 14.3 Å². The van der Waals surface area contributed by atoms with E-state index < -0.39 is 6.09 Å². The Hall–Kier alpha value is -3.56. The van der Waals surface area contributed by atoms with Crippen LogP contribution in [0.4, 0.5) is 16.2 Å². The van der Waals surface area contributed by atoms with E-state index in [1.165, 1.54) is 0 Å². The Morgan fingerprint density at radius 2 is 1.91 bits per heavy atom. The molecule has 2 aliphatic heterocycles. The van der Waals surface area contributed by atoms with E-state index >= 15 is 0 Å². The molecular weight excluding hydrogens is 452 g/mol. The summed E-state index contributed by atoms with van der Waals surface area (Å²) < 4.78 is 9.90. The normalized spacial score (nSPS) is 16.7. The lowest BCUT2D eigenvalue weighted by atomic mass is 10.0. The molecule has 0 saturated heterocycles. The molecule has 0 atom stereocenters. The molecule has 0 saturated carbocycles. The Bertz CT molecular complexity index is 1170. The molecule has 0 aromatic heterocycles. The van der Waals surface area contributed by atoms with Gasteiger partial charge in [0.05, 0.1) is 23.6 Å². The molecule has 0 spiro atoms. The van der Waals surface area contributed by atoms with E-state index in [2.05, 4.69) is 28.1 Å². The summed E-state index contributed by atoms with van der Waals surface area (Å²) in [7, 11) is 1.55. The first-order valence-corrected chi connectivity index (χ1v) is 11.8. The summed E-state index contributed by atoms with van der Waals surface area (Å²) in [6.07, 6.45) is 3.09. The molecule has 2 heterocycles. The first-order valence-electron chi connectivity index (χ1n) is 11.0. The molecule has 0 unspecified atom stereocenters. The van der Waals surface area contributed by atoms with Crippen molar-refractivity contribution in [3.63, 3.8) is 0 Å². The van der Waals surface area contributed by atoms with Gasteiger partial charge in [-0.1, -0.05) is 43.3 Å². The highest BCUT2D eigenvalue weighted by molar-refractivity contribution is 8.08. The fourth-order valence-electron chi connectivity index (χ4n) is 3.58. The maximum absolute atomic E-state index is 12.5. The highest BCUT2D eigenvalue weighted by Crippen LogP contribution is 2.42. The zero-order chi connectivity index (χ0) is 23.9. The highest BCUT2D eigenvalue weighted by atomic mass is 32.2. The first kappa shape index (κ1) is 23.6. The SMILES string of the molecule is CCCC1=NNC(=O)/C1=C1/C=C(Sc2ccc(NC(=O)OCCOC)cc2)c2ccccc2N1. The van der Waals surface area contributed by atoms with Gasteiger partial charge in [-0.2, -0.15) is 5.10 Å². The monoisotopic (exact) mass is 478 g/mol. The predicted molar refractivity (Wildman–Crippen MR) is 135 cm³/mol. The van der Waals surface area contributed by atoms with Gasteiger partial charge in [-0.15, -0.1) is 0 Å². The Kier molecular flexibility index (Phi) is 7.66. The second-order valence-electron chi connectivity index (χ2n) is 7.60. The molecule has 3 N–H and O–H groups in total. The number of carbonyl (C=O) groups excluding carboxylic acids is 2. The van der Waals surface area contributed by atoms with E-state index in [-0.39, 0.29) is 12.5 Å². The summed E-state index contributed by atoms with van der Waals surface area (Å²) in [6, 6.07) is 15.5. The number of hydrogen-bond donors (Lipinski definition) is 3. The van der Waals surface area contributed by atoms with Crippen molar-refractivity contribution in [2.75, 3.05) is 31.0 Å². The number of para-hydroxylation sites is 1. The van der Waals surface area contributed by atoms with Crippen molar-refractivity contribution >= 4 is 45.8 Å². The van der Waals surface area contributed by atoms with Crippen LogP contribution in [0.5, 0.6) is 0 Å². The van der Waals surface area contributed by atoms with Crippen LogP contribution >= 0.6 is 11.8 Å². The van der Waals surface area contributed by atoms with E-state index in [9.17, 15) is 9.59 Å². The number of allylic oxidation sites excluding steroid dienone is 1. The Balaban J connectivity index is 1.56. The van der Waals surface area contributed by atoms with E-state index in [0.717, 1.165) is 45.3 Å². The fourth-order valence-corrected chi connectivity index (χ4v) is 4.57. The average Bonchev–Trinajstić information content (AvgIpc) is 3.20. The number of ether oxygens (including phenoxy) is 2. The van der Waals surface area contributed by atoms with Crippen molar-refractivity contribution < 1.29 is 19.1 Å². The number of methoxy groups -OCH3 is 1. The molecule has 0 fully saturated rings. The standard InChI is InChI=1S/C25H26N4O4S/c1-3-6-20-23(24(30)29-28-20)21-15-22(18-7-4-5-8-19(18)27-21)34-17-11-9-16(10-12-17)26-25(31)33-14-13-32-2/h4-5,7-12,15,27H,3,6,13-14H2,1-2H3,(H,26,31)(H,29,30)/b23-21-. The second kappa shape index (κ2) is 11.0. The number of amides is 2. The number of nitrogens with zero attached hydrogens (tertiary/aromatic N) is 1. The summed E-state index contributed by atoms with van der Waals surface area (Å²) >= 11 is 1.58. The Morgan fingerprint density at radius 1 is 1.12 bits per heavy atom. The second-order valence-corrected chi connectivity index (χ2v) is 8.71. The number of anilines is 2. The van der Waals surface area contributed by atoms with Gasteiger partial charge in [0, 0.05) is 33.8 Å². The van der Waals surface area contributed by atoms with Crippen molar-refractivity contribution in [3.8, 4) is 0 Å². The molecule has 176 valence electrons. The molecule has 0 radical (unpaired) electrons. The van der Waals surface area contributed by atoms with Gasteiger partial charge >= 0.3 is 6.09 Å². The molecule has 8 nitrogen and oxygen atoms in total. The number of carbonyl (C=O) groups is 2. The summed E-state index contributed by atoms with van der Waals surface area (Å²) in [5.41, 5.74) is 7.30. The van der Waals surface area contributed by atoms with Gasteiger partial charge in [0.2, 0.25) is 0 Å². The first-order chi connectivity index (χ1) is 16.6. The quantitative estimate of drug-likeness (QED) is 0.365. The van der Waals surface area contributed by atoms with Crippen LogP contribution in [0.3, 0.4) is 0 Å². The lowest BCUT2D eigenvalue weighted by Crippen LogP contribution is -2.19. The third-order valence-electron chi connectivity index (χ3n) is 5.15. The smallest absolute Gasteiger partial charge is 0.411 e. The molecule has 2 aromatic carbocycles. The summed E-state index contributed by atoms with van der Waals surface area (Å²) in [5.74, 6) is -0.196. The van der Waals surface area contributed by atoms with Crippen LogP contribution in [0, 0.1) is 0 Å². The lowest BCUT2D eigenvalue weighted by Gasteiger charge is -2.22. The largest absolute Gasteiger partial charge is 0.447 e. The number of nitrogens with one attached hydrogen (secondary N) is 3. The van der Waals surface area contributed by atoms with Gasteiger partial charge in [0.25, 0.3) is 5.91 Å². The van der Waals surface area contributed by atoms with Gasteiger partial charge in [-0.3, -0.25) is 10.1 Å². The zero-order valence-electron chi connectivity index (χ0n) is 19.0. The molecule has 34 heavy (non-hydrogen) atoms. The van der Waals surface area contributed by atoms with E-state index in [0.29, 0.717) is 17.9 Å². The minimum Gasteiger partial charge on any atom is -0.447 e. The van der Waals surface area contributed by atoms with Gasteiger partial charge < -0.3 is 14.8 Å². The summed E-state index contributed by atoms with van der Waals surface area (Å²) in [6.45, 7) is 2.60. The van der Waals surface area contributed by atoms with Crippen LogP contribution in [-0.4, -0.2) is 38.0 Å². The highest BCUT2D eigenvalue weighted by Gasteiger charge is 2.28. The molecule has 0 bridgehead atoms. The lowest BCUT2D eigenvalue weighted by molar-refractivity contribution is -0.116. The van der Waals surface area contributed by atoms with E-state index in [1.807, 2.05) is 54.6 Å². The molecule has 4 rings (SSSR count). The Labute approximate surface area is 202 Å². The Morgan fingerprint density at radius 3 is 2.68 bits per heavy atom. The topological polar surface area (TPSA) is 101 Å². The van der Waals surface area contributed by atoms with Crippen molar-refractivity contribution in [2.24, 2.45) is 5.10 Å². The minimum atomic E-state index is -0.525. The third-order valence-corrected chi connectivity index (χ3v) is 6.22. The summed E-state index contributed by atoms with van der Waals surface area (Å²) in [5, 5.41) is 10.3. The maximum Gasteiger partial charge on any atom is 0.411 e. The van der Waals surface area contributed by atoms with Crippen molar-refractivity contribution in [2.45, 2.75) is 24.7 Å². The number of thioether (sulfide) groups is 1. The molecule has 2 aromatic rings. The maximum atomic E-state index is 12.5. The molecule has 9 heteroatoms. The van der Waals surface area contributed by atoms with Crippen molar-refractivity contribution in [1.29, 1.82) is 0 Å². The van der Waals surface area contributed by atoms with Crippen LogP contribution in [0.1, 0.15) is 25.3 Å². The predicted octanol–water partition coefficient (Wildman–Crippen LogP) is 4.98. The molecule has 0 aliphatic carbocycles. The number of fused-ring (bicyclic) bond motifs is 1. The van der Waals surface area contributed by atoms with Crippen LogP contribution in [0.15, 0.2) is 75.9 Å². The van der Waals surface area contributed by atoms with Gasteiger partial charge in [0.1, 0.15) is 6.61 Å². The molecule has 2 aliphatic rings. The molecule has 2 amide bonds. The van der Waals surface area contributed by atoms with Crippen molar-refractivity contribution in [1.82, 2.24) is 5.43 Å². The van der Waals surface area contributed by atoms with Crippen LogP contribution in [0.2, 0.25) is 0 Å². The fraction of sp³-hybridized carbons (Fsp3) is 0.240. The van der Waals surface area contributed by atoms with Crippen molar-refractivity contribution in [3.05, 3.63) is 71.4 Å². The van der Waals surface area contributed by atoms with Gasteiger partial charge in [-0.05, 0) is 42.8 Å². The minimum absolute atomic E-state index is 0.193. The van der Waals surface area contributed by atoms with E-state index in [4.69, 9.17) is 9.47 Å². The number of rotatable bonds is 8. The number of hydrogen-bond acceptors (Lipinski definition) is 7. The van der Waals surface area contributed by atoms with Crippen LogP contribution < -0.4 is 16.1 Å². The molecular formula is C25H26N4O4S. The van der Waals surface area contributed by atoms with Gasteiger partial charge in [0.15, 0.2) is 0 Å². The summed E-state index contributed by atoms with van der Waals surface area (Å²) in [4.78, 5) is 26.4. The number of hydrazone groups is 1. The zero-order valence-corrected chi connectivity index (χ0v) is 19.8. The van der Waals surface area contributed by atoms with E-state index in [1.54, 1.807) is 18.9 Å². The van der Waals surface area contributed by atoms with Crippen LogP contribution in [0.25, 0.3) is 4.91 Å². The number of benzene rings is 2.